The topological polar surface area (TPSA) is 88.3 Å². The Bertz CT molecular complexity index is 769. The van der Waals surface area contributed by atoms with Gasteiger partial charge in [-0.3, -0.25) is 9.59 Å². The zero-order valence-corrected chi connectivity index (χ0v) is 15.7. The maximum Gasteiger partial charge on any atom is 0.255 e. The number of hydrogen-bond donors (Lipinski definition) is 1. The van der Waals surface area contributed by atoms with Crippen LogP contribution in [0, 0.1) is 6.92 Å². The third kappa shape index (κ3) is 4.43. The molecule has 1 fully saturated rings. The smallest absolute Gasteiger partial charge is 0.255 e. The van der Waals surface area contributed by atoms with E-state index in [1.165, 1.54) is 11.8 Å². The molecular weight excluding hydrogens is 352 g/mol. The summed E-state index contributed by atoms with van der Waals surface area (Å²) in [6, 6.07) is 5.25. The number of thioether (sulfide) groups is 1. The Hall–Kier alpha value is -2.35. The molecule has 1 aliphatic heterocycles. The van der Waals surface area contributed by atoms with Crippen LogP contribution in [0.1, 0.15) is 42.3 Å². The number of anilines is 1. The molecule has 0 bridgehead atoms. The molecule has 0 aliphatic carbocycles. The van der Waals surface area contributed by atoms with Gasteiger partial charge in [-0.2, -0.15) is 0 Å². The molecule has 0 spiro atoms. The van der Waals surface area contributed by atoms with Gasteiger partial charge in [-0.05, 0) is 38.3 Å². The first-order chi connectivity index (χ1) is 12.6. The lowest BCUT2D eigenvalue weighted by Gasteiger charge is -2.16. The minimum Gasteiger partial charge on any atom is -0.360 e. The van der Waals surface area contributed by atoms with Crippen molar-refractivity contribution in [3.63, 3.8) is 0 Å². The maximum absolute atomic E-state index is 12.4. The highest BCUT2D eigenvalue weighted by Gasteiger charge is 2.22. The van der Waals surface area contributed by atoms with Gasteiger partial charge in [0.05, 0.1) is 15.8 Å². The van der Waals surface area contributed by atoms with Crippen LogP contribution in [-0.2, 0) is 4.79 Å². The van der Waals surface area contributed by atoms with Crippen LogP contribution in [0.15, 0.2) is 33.9 Å². The molecule has 8 heteroatoms. The van der Waals surface area contributed by atoms with Crippen molar-refractivity contribution in [1.29, 1.82) is 0 Å². The van der Waals surface area contributed by atoms with E-state index >= 15 is 0 Å². The van der Waals surface area contributed by atoms with Gasteiger partial charge in [0.1, 0.15) is 5.76 Å². The summed E-state index contributed by atoms with van der Waals surface area (Å²) in [5, 5.41) is 6.93. The van der Waals surface area contributed by atoms with Crippen LogP contribution in [0.2, 0.25) is 0 Å². The summed E-state index contributed by atoms with van der Waals surface area (Å²) in [5.74, 6) is 0.926. The molecule has 0 radical (unpaired) electrons. The average molecular weight is 374 g/mol. The van der Waals surface area contributed by atoms with Crippen LogP contribution in [0.25, 0.3) is 0 Å². The standard InChI is InChI=1S/C18H22N4O3S/c1-3-14(17(23)20-15-10-12(2)25-21-15)26-16-7-6-13(11-19-16)18(24)22-8-4-5-9-22/h6-7,10-11,14H,3-5,8-9H2,1-2H3,(H,20,21,23)/t14-/m1/s1. The van der Waals surface area contributed by atoms with E-state index < -0.39 is 0 Å². The summed E-state index contributed by atoms with van der Waals surface area (Å²) in [5.41, 5.74) is 0.590. The molecule has 0 aromatic carbocycles. The van der Waals surface area contributed by atoms with Crippen molar-refractivity contribution in [3.8, 4) is 0 Å². The predicted octanol–water partition coefficient (Wildman–Crippen LogP) is 3.12. The number of likely N-dealkylation sites (tertiary alicyclic amines) is 1. The van der Waals surface area contributed by atoms with Gasteiger partial charge in [-0.1, -0.05) is 23.8 Å². The number of aromatic nitrogens is 2. The van der Waals surface area contributed by atoms with E-state index in [9.17, 15) is 9.59 Å². The Labute approximate surface area is 156 Å². The SMILES string of the molecule is CC[C@@H](Sc1ccc(C(=O)N2CCCC2)cn1)C(=O)Nc1cc(C)on1. The number of hydrogen-bond acceptors (Lipinski definition) is 6. The Morgan fingerprint density at radius 2 is 2.12 bits per heavy atom. The van der Waals surface area contributed by atoms with Crippen LogP contribution in [-0.4, -0.2) is 45.2 Å². The van der Waals surface area contributed by atoms with E-state index in [4.69, 9.17) is 4.52 Å². The highest BCUT2D eigenvalue weighted by molar-refractivity contribution is 8.00. The minimum absolute atomic E-state index is 0.0257. The summed E-state index contributed by atoms with van der Waals surface area (Å²) in [6.45, 7) is 5.34. The zero-order chi connectivity index (χ0) is 18.5. The number of nitrogens with one attached hydrogen (secondary N) is 1. The molecule has 7 nitrogen and oxygen atoms in total. The van der Waals surface area contributed by atoms with Crippen molar-refractivity contribution in [2.45, 2.75) is 43.4 Å². The Morgan fingerprint density at radius 1 is 1.35 bits per heavy atom. The molecule has 2 amide bonds. The number of pyridine rings is 1. The van der Waals surface area contributed by atoms with E-state index in [1.807, 2.05) is 11.8 Å². The van der Waals surface area contributed by atoms with Gasteiger partial charge < -0.3 is 14.7 Å². The van der Waals surface area contributed by atoms with Crippen molar-refractivity contribution in [2.75, 3.05) is 18.4 Å². The van der Waals surface area contributed by atoms with Crippen molar-refractivity contribution < 1.29 is 14.1 Å². The van der Waals surface area contributed by atoms with E-state index in [1.54, 1.807) is 31.3 Å². The zero-order valence-electron chi connectivity index (χ0n) is 14.9. The van der Waals surface area contributed by atoms with Crippen molar-refractivity contribution in [3.05, 3.63) is 35.7 Å². The predicted molar refractivity (Wildman–Crippen MR) is 99.2 cm³/mol. The van der Waals surface area contributed by atoms with Crippen LogP contribution in [0.5, 0.6) is 0 Å². The van der Waals surface area contributed by atoms with Crippen LogP contribution in [0.4, 0.5) is 5.82 Å². The van der Waals surface area contributed by atoms with Crippen LogP contribution < -0.4 is 5.32 Å². The second kappa shape index (κ2) is 8.35. The van der Waals surface area contributed by atoms with Crippen molar-refractivity contribution >= 4 is 29.4 Å². The molecule has 0 unspecified atom stereocenters. The Morgan fingerprint density at radius 3 is 2.69 bits per heavy atom. The second-order valence-electron chi connectivity index (χ2n) is 6.21. The normalized spacial score (nSPS) is 15.1. The van der Waals surface area contributed by atoms with E-state index in [0.29, 0.717) is 28.6 Å². The fourth-order valence-corrected chi connectivity index (χ4v) is 3.66. The first-order valence-electron chi connectivity index (χ1n) is 8.73. The first kappa shape index (κ1) is 18.4. The Kier molecular flexibility index (Phi) is 5.92. The van der Waals surface area contributed by atoms with Gasteiger partial charge in [0.25, 0.3) is 5.91 Å². The molecule has 2 aromatic rings. The van der Waals surface area contributed by atoms with E-state index in [0.717, 1.165) is 25.9 Å². The fraction of sp³-hybridized carbons (Fsp3) is 0.444. The number of amides is 2. The summed E-state index contributed by atoms with van der Waals surface area (Å²) in [4.78, 5) is 31.0. The van der Waals surface area contributed by atoms with E-state index in [2.05, 4.69) is 15.5 Å². The molecule has 138 valence electrons. The molecule has 26 heavy (non-hydrogen) atoms. The van der Waals surface area contributed by atoms with Gasteiger partial charge in [0.15, 0.2) is 5.82 Å². The highest BCUT2D eigenvalue weighted by Crippen LogP contribution is 2.25. The summed E-state index contributed by atoms with van der Waals surface area (Å²) in [6.07, 6.45) is 4.36. The summed E-state index contributed by atoms with van der Waals surface area (Å²) in [7, 11) is 0. The Balaban J connectivity index is 1.60. The lowest BCUT2D eigenvalue weighted by molar-refractivity contribution is -0.115. The monoisotopic (exact) mass is 374 g/mol. The quantitative estimate of drug-likeness (QED) is 0.782. The lowest BCUT2D eigenvalue weighted by Crippen LogP contribution is -2.27. The molecule has 0 saturated carbocycles. The van der Waals surface area contributed by atoms with Gasteiger partial charge in [0.2, 0.25) is 5.91 Å². The largest absolute Gasteiger partial charge is 0.360 e. The molecular formula is C18H22N4O3S. The second-order valence-corrected chi connectivity index (χ2v) is 7.43. The number of rotatable bonds is 6. The minimum atomic E-state index is -0.306. The van der Waals surface area contributed by atoms with Gasteiger partial charge in [-0.15, -0.1) is 0 Å². The van der Waals surface area contributed by atoms with Crippen LogP contribution >= 0.6 is 11.8 Å². The average Bonchev–Trinajstić information content (AvgIpc) is 3.31. The number of nitrogens with zero attached hydrogens (tertiary/aromatic N) is 3. The molecule has 1 aliphatic rings. The number of carbonyl (C=O) groups excluding carboxylic acids is 2. The van der Waals surface area contributed by atoms with Crippen molar-refractivity contribution in [1.82, 2.24) is 15.0 Å². The van der Waals surface area contributed by atoms with Crippen molar-refractivity contribution in [2.24, 2.45) is 0 Å². The van der Waals surface area contributed by atoms with Gasteiger partial charge in [0, 0.05) is 25.4 Å². The lowest BCUT2D eigenvalue weighted by atomic mass is 10.2. The third-order valence-electron chi connectivity index (χ3n) is 4.18. The van der Waals surface area contributed by atoms with Crippen LogP contribution in [0.3, 0.4) is 0 Å². The maximum atomic E-state index is 12.4. The molecule has 1 N–H and O–H groups in total. The number of carbonyl (C=O) groups is 2. The van der Waals surface area contributed by atoms with Gasteiger partial charge in [-0.25, -0.2) is 4.98 Å². The third-order valence-corrected chi connectivity index (χ3v) is 5.50. The highest BCUT2D eigenvalue weighted by atomic mass is 32.2. The molecule has 3 heterocycles. The summed E-state index contributed by atoms with van der Waals surface area (Å²) >= 11 is 1.37. The molecule has 2 aromatic heterocycles. The molecule has 1 atom stereocenters. The summed E-state index contributed by atoms with van der Waals surface area (Å²) < 4.78 is 4.96. The van der Waals surface area contributed by atoms with Gasteiger partial charge >= 0.3 is 0 Å². The first-order valence-corrected chi connectivity index (χ1v) is 9.61. The van der Waals surface area contributed by atoms with E-state index in [-0.39, 0.29) is 17.1 Å². The number of aryl methyl sites for hydroxylation is 1. The molecule has 3 rings (SSSR count). The molecule has 1 saturated heterocycles. The fourth-order valence-electron chi connectivity index (χ4n) is 2.78.